The Kier molecular flexibility index (Phi) is 4.13. The first kappa shape index (κ1) is 16.4. The van der Waals surface area contributed by atoms with Crippen molar-refractivity contribution in [3.05, 3.63) is 35.2 Å². The molecule has 2 fully saturated rings. The molecular weight excluding hydrogens is 314 g/mol. The predicted octanol–water partition coefficient (Wildman–Crippen LogP) is 2.98. The Morgan fingerprint density at radius 3 is 2.44 bits per heavy atom. The smallest absolute Gasteiger partial charge is 0.272 e. The van der Waals surface area contributed by atoms with Gasteiger partial charge < -0.3 is 9.47 Å². The maximum atomic E-state index is 12.8. The van der Waals surface area contributed by atoms with E-state index in [0.717, 1.165) is 31.6 Å². The summed E-state index contributed by atoms with van der Waals surface area (Å²) < 4.78 is 4.15. The minimum atomic E-state index is 0.100. The van der Waals surface area contributed by atoms with Crippen molar-refractivity contribution in [3.63, 3.8) is 0 Å². The van der Waals surface area contributed by atoms with Crippen molar-refractivity contribution in [1.29, 1.82) is 0 Å². The SMILES string of the molecule is Cc1cc(C(=O)N2CCC(n3c(C)cnc3C3CCC3)CC2)n(C)n1. The minimum Gasteiger partial charge on any atom is -0.337 e. The molecule has 1 amide bonds. The summed E-state index contributed by atoms with van der Waals surface area (Å²) in [5.41, 5.74) is 2.83. The van der Waals surface area contributed by atoms with E-state index in [-0.39, 0.29) is 5.91 Å². The molecule has 1 aliphatic carbocycles. The van der Waals surface area contributed by atoms with Gasteiger partial charge in [-0.25, -0.2) is 4.98 Å². The van der Waals surface area contributed by atoms with Gasteiger partial charge in [-0.2, -0.15) is 5.10 Å². The Balaban J connectivity index is 1.46. The third-order valence-electron chi connectivity index (χ3n) is 5.82. The molecule has 2 aromatic heterocycles. The van der Waals surface area contributed by atoms with Gasteiger partial charge in [0.15, 0.2) is 0 Å². The number of hydrogen-bond acceptors (Lipinski definition) is 3. The molecule has 134 valence electrons. The van der Waals surface area contributed by atoms with Crippen LogP contribution in [0.5, 0.6) is 0 Å². The molecule has 0 spiro atoms. The summed E-state index contributed by atoms with van der Waals surface area (Å²) >= 11 is 0. The van der Waals surface area contributed by atoms with Crippen molar-refractivity contribution < 1.29 is 4.79 Å². The summed E-state index contributed by atoms with van der Waals surface area (Å²) in [6.07, 6.45) is 7.89. The molecule has 25 heavy (non-hydrogen) atoms. The summed E-state index contributed by atoms with van der Waals surface area (Å²) in [5, 5.41) is 4.30. The van der Waals surface area contributed by atoms with Gasteiger partial charge in [0.1, 0.15) is 11.5 Å². The lowest BCUT2D eigenvalue weighted by Crippen LogP contribution is -2.40. The van der Waals surface area contributed by atoms with Crippen LogP contribution >= 0.6 is 0 Å². The Morgan fingerprint density at radius 1 is 1.16 bits per heavy atom. The van der Waals surface area contributed by atoms with Crippen molar-refractivity contribution in [2.24, 2.45) is 7.05 Å². The molecule has 6 nitrogen and oxygen atoms in total. The zero-order valence-electron chi connectivity index (χ0n) is 15.4. The monoisotopic (exact) mass is 341 g/mol. The topological polar surface area (TPSA) is 56.0 Å². The molecule has 0 bridgehead atoms. The highest BCUT2D eigenvalue weighted by Crippen LogP contribution is 2.38. The molecule has 1 saturated heterocycles. The van der Waals surface area contributed by atoms with E-state index in [4.69, 9.17) is 4.98 Å². The first-order valence-electron chi connectivity index (χ1n) is 9.38. The first-order valence-corrected chi connectivity index (χ1v) is 9.38. The highest BCUT2D eigenvalue weighted by molar-refractivity contribution is 5.92. The molecule has 3 heterocycles. The van der Waals surface area contributed by atoms with Crippen LogP contribution in [-0.4, -0.2) is 43.2 Å². The second-order valence-electron chi connectivity index (χ2n) is 7.57. The summed E-state index contributed by atoms with van der Waals surface area (Å²) in [4.78, 5) is 19.4. The number of carbonyl (C=O) groups excluding carboxylic acids is 1. The molecule has 1 saturated carbocycles. The zero-order valence-corrected chi connectivity index (χ0v) is 15.4. The molecule has 4 rings (SSSR count). The number of aromatic nitrogens is 4. The van der Waals surface area contributed by atoms with Crippen molar-refractivity contribution in [2.45, 2.75) is 57.9 Å². The van der Waals surface area contributed by atoms with Gasteiger partial charge in [-0.05, 0) is 45.6 Å². The number of piperidine rings is 1. The predicted molar refractivity (Wildman–Crippen MR) is 95.7 cm³/mol. The van der Waals surface area contributed by atoms with Gasteiger partial charge in [0.05, 0.1) is 5.69 Å². The number of hydrogen-bond donors (Lipinski definition) is 0. The number of carbonyl (C=O) groups is 1. The Hall–Kier alpha value is -2.11. The largest absolute Gasteiger partial charge is 0.337 e. The van der Waals surface area contributed by atoms with Gasteiger partial charge >= 0.3 is 0 Å². The van der Waals surface area contributed by atoms with E-state index in [1.165, 1.54) is 30.8 Å². The fourth-order valence-corrected chi connectivity index (χ4v) is 4.21. The van der Waals surface area contributed by atoms with Crippen LogP contribution < -0.4 is 0 Å². The van der Waals surface area contributed by atoms with Crippen LogP contribution in [0.2, 0.25) is 0 Å². The average Bonchev–Trinajstić information content (AvgIpc) is 3.08. The van der Waals surface area contributed by atoms with Crippen molar-refractivity contribution >= 4 is 5.91 Å². The summed E-state index contributed by atoms with van der Waals surface area (Å²) in [5.74, 6) is 2.02. The standard InChI is InChI=1S/C19H27N5O/c1-13-11-17(22(3)21-13)19(25)23-9-7-16(8-10-23)24-14(2)12-20-18(24)15-5-4-6-15/h11-12,15-16H,4-10H2,1-3H3. The van der Waals surface area contributed by atoms with Gasteiger partial charge in [-0.15, -0.1) is 0 Å². The van der Waals surface area contributed by atoms with E-state index in [0.29, 0.717) is 17.7 Å². The van der Waals surface area contributed by atoms with Crippen molar-refractivity contribution in [3.8, 4) is 0 Å². The lowest BCUT2D eigenvalue weighted by Gasteiger charge is -2.35. The number of rotatable bonds is 3. The molecule has 0 unspecified atom stereocenters. The number of nitrogens with zero attached hydrogens (tertiary/aromatic N) is 5. The van der Waals surface area contributed by atoms with Crippen LogP contribution in [0.1, 0.15) is 71.8 Å². The zero-order chi connectivity index (χ0) is 17.6. The van der Waals surface area contributed by atoms with Crippen LogP contribution in [0.25, 0.3) is 0 Å². The average molecular weight is 341 g/mol. The van der Waals surface area contributed by atoms with E-state index in [2.05, 4.69) is 16.6 Å². The summed E-state index contributed by atoms with van der Waals surface area (Å²) in [6, 6.07) is 2.35. The van der Waals surface area contributed by atoms with Crippen LogP contribution in [0.4, 0.5) is 0 Å². The second kappa shape index (κ2) is 6.32. The van der Waals surface area contributed by atoms with Crippen molar-refractivity contribution in [1.82, 2.24) is 24.2 Å². The van der Waals surface area contributed by atoms with Crippen LogP contribution in [-0.2, 0) is 7.05 Å². The maximum Gasteiger partial charge on any atom is 0.272 e. The van der Waals surface area contributed by atoms with Crippen LogP contribution in [0.15, 0.2) is 12.3 Å². The van der Waals surface area contributed by atoms with Crippen LogP contribution in [0.3, 0.4) is 0 Å². The van der Waals surface area contributed by atoms with Crippen molar-refractivity contribution in [2.75, 3.05) is 13.1 Å². The van der Waals surface area contributed by atoms with Gasteiger partial charge in [-0.1, -0.05) is 6.42 Å². The van der Waals surface area contributed by atoms with E-state index in [1.54, 1.807) is 4.68 Å². The van der Waals surface area contributed by atoms with Crippen LogP contribution in [0, 0.1) is 13.8 Å². The second-order valence-corrected chi connectivity index (χ2v) is 7.57. The van der Waals surface area contributed by atoms with E-state index in [9.17, 15) is 4.79 Å². The lowest BCUT2D eigenvalue weighted by molar-refractivity contribution is 0.0681. The maximum absolute atomic E-state index is 12.8. The molecule has 0 atom stereocenters. The van der Waals surface area contributed by atoms with Gasteiger partial charge in [-0.3, -0.25) is 9.48 Å². The lowest BCUT2D eigenvalue weighted by atomic mass is 9.84. The quantitative estimate of drug-likeness (QED) is 0.862. The molecule has 2 aliphatic rings. The number of imidazole rings is 1. The highest BCUT2D eigenvalue weighted by Gasteiger charge is 2.31. The van der Waals surface area contributed by atoms with Gasteiger partial charge in [0, 0.05) is 44.0 Å². The molecule has 2 aromatic rings. The fourth-order valence-electron chi connectivity index (χ4n) is 4.21. The Labute approximate surface area is 148 Å². The fraction of sp³-hybridized carbons (Fsp3) is 0.632. The summed E-state index contributed by atoms with van der Waals surface area (Å²) in [7, 11) is 1.84. The third-order valence-corrected chi connectivity index (χ3v) is 5.82. The molecule has 6 heteroatoms. The summed E-state index contributed by atoms with van der Waals surface area (Å²) in [6.45, 7) is 5.68. The number of aryl methyl sites for hydroxylation is 3. The normalized spacial score (nSPS) is 19.2. The molecular formula is C19H27N5O. The van der Waals surface area contributed by atoms with E-state index < -0.39 is 0 Å². The Morgan fingerprint density at radius 2 is 1.88 bits per heavy atom. The van der Waals surface area contributed by atoms with E-state index >= 15 is 0 Å². The van der Waals surface area contributed by atoms with Gasteiger partial charge in [0.2, 0.25) is 0 Å². The highest BCUT2D eigenvalue weighted by atomic mass is 16.2. The Bertz CT molecular complexity index is 778. The minimum absolute atomic E-state index is 0.100. The molecule has 1 aliphatic heterocycles. The molecule has 0 radical (unpaired) electrons. The number of likely N-dealkylation sites (tertiary alicyclic amines) is 1. The van der Waals surface area contributed by atoms with E-state index in [1.807, 2.05) is 31.1 Å². The molecule has 0 aromatic carbocycles. The third kappa shape index (κ3) is 2.87. The number of amides is 1. The first-order chi connectivity index (χ1) is 12.0. The van der Waals surface area contributed by atoms with Gasteiger partial charge in [0.25, 0.3) is 5.91 Å². The molecule has 0 N–H and O–H groups in total.